The molecule has 0 heterocycles. The van der Waals surface area contributed by atoms with Crippen LogP contribution >= 0.6 is 0 Å². The predicted molar refractivity (Wildman–Crippen MR) is 106 cm³/mol. The molecule has 3 aromatic carbocycles. The van der Waals surface area contributed by atoms with E-state index in [2.05, 4.69) is 34.8 Å². The molecule has 1 saturated carbocycles. The number of rotatable bonds is 5. The Morgan fingerprint density at radius 3 is 2.19 bits per heavy atom. The second-order valence-electron chi connectivity index (χ2n) is 6.79. The third-order valence-corrected chi connectivity index (χ3v) is 5.11. The van der Waals surface area contributed by atoms with Gasteiger partial charge in [0, 0.05) is 5.41 Å². The largest absolute Gasteiger partial charge is 0.508 e. The van der Waals surface area contributed by atoms with E-state index in [1.54, 1.807) is 18.2 Å². The summed E-state index contributed by atoms with van der Waals surface area (Å²) in [5, 5.41) is 13.6. The van der Waals surface area contributed by atoms with Gasteiger partial charge in [-0.05, 0) is 35.2 Å². The van der Waals surface area contributed by atoms with Gasteiger partial charge >= 0.3 is 0 Å². The molecule has 1 aliphatic rings. The first-order chi connectivity index (χ1) is 13.2. The Labute approximate surface area is 158 Å². The number of carbonyl (C=O) groups excluding carboxylic acids is 1. The first-order valence-electron chi connectivity index (χ1n) is 8.93. The highest BCUT2D eigenvalue weighted by Gasteiger charge is 2.60. The van der Waals surface area contributed by atoms with Crippen molar-refractivity contribution < 1.29 is 9.90 Å². The van der Waals surface area contributed by atoms with Crippen molar-refractivity contribution in [2.75, 3.05) is 0 Å². The van der Waals surface area contributed by atoms with E-state index in [1.165, 1.54) is 6.21 Å². The van der Waals surface area contributed by atoms with Crippen molar-refractivity contribution in [1.82, 2.24) is 5.43 Å². The minimum Gasteiger partial charge on any atom is -0.508 e. The van der Waals surface area contributed by atoms with E-state index in [1.807, 2.05) is 42.5 Å². The number of nitrogens with one attached hydrogen (secondary N) is 1. The molecular weight excluding hydrogens is 336 g/mol. The van der Waals surface area contributed by atoms with Crippen LogP contribution in [0.2, 0.25) is 0 Å². The van der Waals surface area contributed by atoms with Crippen molar-refractivity contribution in [1.29, 1.82) is 0 Å². The van der Waals surface area contributed by atoms with E-state index in [4.69, 9.17) is 0 Å². The molecule has 0 aliphatic heterocycles. The second-order valence-corrected chi connectivity index (χ2v) is 6.79. The highest BCUT2D eigenvalue weighted by molar-refractivity contribution is 5.87. The first-order valence-corrected chi connectivity index (χ1v) is 8.93. The van der Waals surface area contributed by atoms with Crippen molar-refractivity contribution in [3.63, 3.8) is 0 Å². The summed E-state index contributed by atoms with van der Waals surface area (Å²) in [6, 6.07) is 27.0. The zero-order valence-electron chi connectivity index (χ0n) is 14.7. The van der Waals surface area contributed by atoms with Crippen LogP contribution < -0.4 is 5.43 Å². The van der Waals surface area contributed by atoms with Gasteiger partial charge in [0.2, 0.25) is 5.91 Å². The van der Waals surface area contributed by atoms with Gasteiger partial charge in [-0.3, -0.25) is 4.79 Å². The van der Waals surface area contributed by atoms with Crippen LogP contribution in [0, 0.1) is 5.92 Å². The molecule has 3 aromatic rings. The van der Waals surface area contributed by atoms with Crippen LogP contribution in [0.15, 0.2) is 90.0 Å². The quantitative estimate of drug-likeness (QED) is 0.539. The van der Waals surface area contributed by atoms with Crippen LogP contribution in [-0.2, 0) is 10.2 Å². The number of hydrogen-bond acceptors (Lipinski definition) is 3. The van der Waals surface area contributed by atoms with Gasteiger partial charge in [-0.1, -0.05) is 72.8 Å². The average molecular weight is 356 g/mol. The van der Waals surface area contributed by atoms with Crippen LogP contribution in [0.4, 0.5) is 0 Å². The fourth-order valence-corrected chi connectivity index (χ4v) is 3.71. The van der Waals surface area contributed by atoms with Gasteiger partial charge in [0.15, 0.2) is 0 Å². The normalized spacial score (nSPS) is 17.6. The maximum absolute atomic E-state index is 12.8. The molecule has 2 N–H and O–H groups in total. The van der Waals surface area contributed by atoms with Crippen molar-refractivity contribution >= 4 is 12.1 Å². The van der Waals surface area contributed by atoms with E-state index in [-0.39, 0.29) is 23.0 Å². The van der Waals surface area contributed by atoms with Crippen molar-refractivity contribution in [3.8, 4) is 5.75 Å². The topological polar surface area (TPSA) is 61.7 Å². The lowest BCUT2D eigenvalue weighted by atomic mass is 9.85. The number of phenols is 1. The fraction of sp³-hybridized carbons (Fsp3) is 0.130. The van der Waals surface area contributed by atoms with Crippen LogP contribution in [0.1, 0.15) is 23.1 Å². The number of aromatic hydroxyl groups is 1. The molecule has 4 rings (SSSR count). The van der Waals surface area contributed by atoms with Gasteiger partial charge < -0.3 is 5.11 Å². The minimum atomic E-state index is -0.298. The van der Waals surface area contributed by atoms with Gasteiger partial charge in [-0.15, -0.1) is 0 Å². The van der Waals surface area contributed by atoms with E-state index >= 15 is 0 Å². The summed E-state index contributed by atoms with van der Waals surface area (Å²) in [5.74, 6) is -0.0950. The highest BCUT2D eigenvalue weighted by Crippen LogP contribution is 2.58. The number of amides is 1. The molecule has 4 nitrogen and oxygen atoms in total. The van der Waals surface area contributed by atoms with E-state index in [9.17, 15) is 9.90 Å². The molecule has 0 radical (unpaired) electrons. The van der Waals surface area contributed by atoms with Crippen LogP contribution in [0.5, 0.6) is 5.75 Å². The molecular formula is C23H20N2O2. The molecule has 0 aromatic heterocycles. The van der Waals surface area contributed by atoms with Gasteiger partial charge in [0.25, 0.3) is 0 Å². The Kier molecular flexibility index (Phi) is 4.47. The Bertz CT molecular complexity index is 928. The van der Waals surface area contributed by atoms with Gasteiger partial charge in [0.05, 0.1) is 12.1 Å². The van der Waals surface area contributed by atoms with E-state index < -0.39 is 0 Å². The smallest absolute Gasteiger partial charge is 0.244 e. The summed E-state index contributed by atoms with van der Waals surface area (Å²) in [5.41, 5.74) is 5.38. The number of hydrazone groups is 1. The SMILES string of the molecule is O=C(N/N=C\c1cccc(O)c1)[C@@H]1CC1(c1ccccc1)c1ccccc1. The lowest BCUT2D eigenvalue weighted by Crippen LogP contribution is -2.25. The maximum Gasteiger partial charge on any atom is 0.244 e. The molecule has 4 heteroatoms. The zero-order chi connectivity index (χ0) is 18.7. The third kappa shape index (κ3) is 3.34. The van der Waals surface area contributed by atoms with Crippen molar-refractivity contribution in [3.05, 3.63) is 102 Å². The molecule has 0 saturated heterocycles. The molecule has 0 spiro atoms. The average Bonchev–Trinajstić information content (AvgIpc) is 3.47. The van der Waals surface area contributed by atoms with Crippen molar-refractivity contribution in [2.24, 2.45) is 11.0 Å². The Balaban J connectivity index is 1.54. The summed E-state index contributed by atoms with van der Waals surface area (Å²) in [4.78, 5) is 12.8. The summed E-state index contributed by atoms with van der Waals surface area (Å²) in [6.07, 6.45) is 2.29. The Hall–Kier alpha value is -3.40. The zero-order valence-corrected chi connectivity index (χ0v) is 14.7. The molecule has 1 fully saturated rings. The summed E-state index contributed by atoms with van der Waals surface area (Å²) < 4.78 is 0. The highest BCUT2D eigenvalue weighted by atomic mass is 16.3. The van der Waals surface area contributed by atoms with Crippen LogP contribution in [0.25, 0.3) is 0 Å². The number of hydrogen-bond donors (Lipinski definition) is 2. The Morgan fingerprint density at radius 2 is 1.59 bits per heavy atom. The van der Waals surface area contributed by atoms with E-state index in [0.717, 1.165) is 23.1 Å². The Morgan fingerprint density at radius 1 is 0.963 bits per heavy atom. The van der Waals surface area contributed by atoms with Crippen LogP contribution in [0.3, 0.4) is 0 Å². The summed E-state index contributed by atoms with van der Waals surface area (Å²) >= 11 is 0. The summed E-state index contributed by atoms with van der Waals surface area (Å²) in [7, 11) is 0. The molecule has 1 amide bonds. The maximum atomic E-state index is 12.8. The third-order valence-electron chi connectivity index (χ3n) is 5.11. The monoisotopic (exact) mass is 356 g/mol. The van der Waals surface area contributed by atoms with Crippen molar-refractivity contribution in [2.45, 2.75) is 11.8 Å². The number of benzene rings is 3. The summed E-state index contributed by atoms with van der Waals surface area (Å²) in [6.45, 7) is 0. The lowest BCUT2D eigenvalue weighted by Gasteiger charge is -2.18. The first kappa shape index (κ1) is 17.0. The number of carbonyl (C=O) groups is 1. The van der Waals surface area contributed by atoms with Crippen LogP contribution in [-0.4, -0.2) is 17.2 Å². The second kappa shape index (κ2) is 7.08. The molecule has 134 valence electrons. The number of nitrogens with zero attached hydrogens (tertiary/aromatic N) is 1. The molecule has 1 atom stereocenters. The van der Waals surface area contributed by atoms with E-state index in [0.29, 0.717) is 0 Å². The molecule has 0 bridgehead atoms. The minimum absolute atomic E-state index is 0.0980. The predicted octanol–water partition coefficient (Wildman–Crippen LogP) is 3.85. The van der Waals surface area contributed by atoms with Gasteiger partial charge in [-0.25, -0.2) is 5.43 Å². The number of phenolic OH excluding ortho intramolecular Hbond substituents is 1. The fourth-order valence-electron chi connectivity index (χ4n) is 3.71. The molecule has 1 aliphatic carbocycles. The lowest BCUT2D eigenvalue weighted by molar-refractivity contribution is -0.122. The standard InChI is InChI=1S/C23H20N2O2/c26-20-13-7-8-17(14-20)16-24-25-22(27)21-15-23(21,18-9-3-1-4-10-18)19-11-5-2-6-12-19/h1-14,16,21,26H,15H2,(H,25,27)/b24-16-/t21-/m0/s1. The molecule has 27 heavy (non-hydrogen) atoms. The van der Waals surface area contributed by atoms with Gasteiger partial charge in [-0.2, -0.15) is 5.10 Å². The molecule has 0 unspecified atom stereocenters. The van der Waals surface area contributed by atoms with Gasteiger partial charge in [0.1, 0.15) is 5.75 Å².